The quantitative estimate of drug-likeness (QED) is 0.887. The van der Waals surface area contributed by atoms with Crippen molar-refractivity contribution in [1.82, 2.24) is 20.4 Å². The first-order valence-electron chi connectivity index (χ1n) is 6.64. The average molecular weight is 292 g/mol. The molecule has 0 aliphatic carbocycles. The third-order valence-electron chi connectivity index (χ3n) is 3.41. The second-order valence-corrected chi connectivity index (χ2v) is 4.95. The van der Waals surface area contributed by atoms with Gasteiger partial charge in [0.15, 0.2) is 17.3 Å². The second-order valence-electron chi connectivity index (χ2n) is 4.95. The van der Waals surface area contributed by atoms with Gasteiger partial charge < -0.3 is 10.6 Å². The summed E-state index contributed by atoms with van der Waals surface area (Å²) in [4.78, 5) is 11.9. The summed E-state index contributed by atoms with van der Waals surface area (Å²) in [5, 5.41) is 9.79. The van der Waals surface area contributed by atoms with Gasteiger partial charge in [-0.05, 0) is 18.2 Å². The molecule has 1 aromatic heterocycles. The summed E-state index contributed by atoms with van der Waals surface area (Å²) in [6.07, 6.45) is 1.36. The van der Waals surface area contributed by atoms with E-state index in [1.54, 1.807) is 0 Å². The van der Waals surface area contributed by atoms with Gasteiger partial charge in [0.1, 0.15) is 5.69 Å². The minimum absolute atomic E-state index is 0.130. The lowest BCUT2D eigenvalue weighted by atomic mass is 10.0. The number of amides is 1. The molecule has 3 rings (SSSR count). The van der Waals surface area contributed by atoms with Crippen LogP contribution in [0.1, 0.15) is 10.5 Å². The zero-order chi connectivity index (χ0) is 14.8. The van der Waals surface area contributed by atoms with Crippen molar-refractivity contribution in [2.45, 2.75) is 0 Å². The lowest BCUT2D eigenvalue weighted by Crippen LogP contribution is -2.48. The first-order valence-corrected chi connectivity index (χ1v) is 6.64. The molecule has 110 valence electrons. The van der Waals surface area contributed by atoms with Gasteiger partial charge >= 0.3 is 0 Å². The van der Waals surface area contributed by atoms with Gasteiger partial charge in [-0.15, -0.1) is 0 Å². The maximum atomic E-state index is 13.6. The van der Waals surface area contributed by atoms with Gasteiger partial charge in [0.2, 0.25) is 0 Å². The number of carbonyl (C=O) groups is 1. The molecule has 1 saturated heterocycles. The molecular formula is C14H14F2N4O. The van der Waals surface area contributed by atoms with Crippen molar-refractivity contribution in [3.05, 3.63) is 47.8 Å². The van der Waals surface area contributed by atoms with Crippen LogP contribution in [0.3, 0.4) is 0 Å². The summed E-state index contributed by atoms with van der Waals surface area (Å²) in [6, 6.07) is 4.99. The Labute approximate surface area is 120 Å². The molecule has 1 aliphatic rings. The van der Waals surface area contributed by atoms with Crippen molar-refractivity contribution >= 4 is 5.91 Å². The third-order valence-corrected chi connectivity index (χ3v) is 3.41. The Bertz CT molecular complexity index is 646. The highest BCUT2D eigenvalue weighted by atomic mass is 19.1. The number of benzene rings is 1. The molecular weight excluding hydrogens is 278 g/mol. The number of nitrogens with one attached hydrogen (secondary N) is 2. The van der Waals surface area contributed by atoms with E-state index in [0.29, 0.717) is 12.5 Å². The molecule has 2 aromatic rings. The zero-order valence-corrected chi connectivity index (χ0v) is 11.1. The zero-order valence-electron chi connectivity index (χ0n) is 11.1. The van der Waals surface area contributed by atoms with Crippen LogP contribution in [-0.4, -0.2) is 35.3 Å². The van der Waals surface area contributed by atoms with Gasteiger partial charge in [-0.2, -0.15) is 5.10 Å². The standard InChI is InChI=1S/C14H14F2N4O/c15-10-2-1-3-11(16)13(10)20-5-4-12(19-20)14(21)18-8-9-6-17-7-9/h1-5,9,17H,6-8H2,(H,18,21). The fourth-order valence-electron chi connectivity index (χ4n) is 2.10. The minimum atomic E-state index is -0.731. The van der Waals surface area contributed by atoms with Crippen LogP contribution in [0, 0.1) is 17.6 Å². The molecule has 1 aromatic carbocycles. The van der Waals surface area contributed by atoms with Crippen molar-refractivity contribution in [3.63, 3.8) is 0 Å². The fourth-order valence-corrected chi connectivity index (χ4v) is 2.10. The van der Waals surface area contributed by atoms with Crippen LogP contribution in [0.4, 0.5) is 8.78 Å². The Balaban J connectivity index is 1.74. The van der Waals surface area contributed by atoms with Crippen molar-refractivity contribution < 1.29 is 13.6 Å². The Morgan fingerprint density at radius 1 is 1.33 bits per heavy atom. The maximum absolute atomic E-state index is 13.6. The number of para-hydroxylation sites is 1. The average Bonchev–Trinajstić information content (AvgIpc) is 2.86. The van der Waals surface area contributed by atoms with Crippen LogP contribution in [-0.2, 0) is 0 Å². The molecule has 21 heavy (non-hydrogen) atoms. The summed E-state index contributed by atoms with van der Waals surface area (Å²) in [6.45, 7) is 2.33. The summed E-state index contributed by atoms with van der Waals surface area (Å²) in [5.74, 6) is -1.38. The van der Waals surface area contributed by atoms with E-state index in [4.69, 9.17) is 0 Å². The van der Waals surface area contributed by atoms with Gasteiger partial charge in [-0.25, -0.2) is 13.5 Å². The number of rotatable bonds is 4. The van der Waals surface area contributed by atoms with Crippen LogP contribution >= 0.6 is 0 Å². The molecule has 1 aliphatic heterocycles. The first-order chi connectivity index (χ1) is 10.1. The Morgan fingerprint density at radius 2 is 2.05 bits per heavy atom. The van der Waals surface area contributed by atoms with E-state index >= 15 is 0 Å². The van der Waals surface area contributed by atoms with Gasteiger partial charge in [-0.3, -0.25) is 4.79 Å². The molecule has 1 fully saturated rings. The Hall–Kier alpha value is -2.28. The summed E-state index contributed by atoms with van der Waals surface area (Å²) >= 11 is 0. The molecule has 0 spiro atoms. The number of nitrogens with zero attached hydrogens (tertiary/aromatic N) is 2. The highest BCUT2D eigenvalue weighted by molar-refractivity contribution is 5.92. The Kier molecular flexibility index (Phi) is 3.66. The van der Waals surface area contributed by atoms with Crippen molar-refractivity contribution in [3.8, 4) is 5.69 Å². The molecule has 2 N–H and O–H groups in total. The second kappa shape index (κ2) is 5.61. The van der Waals surface area contributed by atoms with Gasteiger partial charge in [0.25, 0.3) is 5.91 Å². The van der Waals surface area contributed by atoms with E-state index in [1.807, 2.05) is 0 Å². The number of hydrogen-bond acceptors (Lipinski definition) is 3. The van der Waals surface area contributed by atoms with E-state index in [1.165, 1.54) is 18.3 Å². The van der Waals surface area contributed by atoms with Crippen molar-refractivity contribution in [1.29, 1.82) is 0 Å². The van der Waals surface area contributed by atoms with Crippen LogP contribution in [0.25, 0.3) is 5.69 Å². The fraction of sp³-hybridized carbons (Fsp3) is 0.286. The van der Waals surface area contributed by atoms with Crippen LogP contribution in [0.2, 0.25) is 0 Å². The van der Waals surface area contributed by atoms with Gasteiger partial charge in [0, 0.05) is 31.7 Å². The molecule has 0 atom stereocenters. The predicted molar refractivity (Wildman–Crippen MR) is 72.2 cm³/mol. The van der Waals surface area contributed by atoms with E-state index in [2.05, 4.69) is 15.7 Å². The third kappa shape index (κ3) is 2.78. The smallest absolute Gasteiger partial charge is 0.271 e. The van der Waals surface area contributed by atoms with Crippen molar-refractivity contribution in [2.75, 3.05) is 19.6 Å². The molecule has 5 nitrogen and oxygen atoms in total. The van der Waals surface area contributed by atoms with Crippen LogP contribution < -0.4 is 10.6 Å². The summed E-state index contributed by atoms with van der Waals surface area (Å²) in [5.41, 5.74) is -0.162. The largest absolute Gasteiger partial charge is 0.350 e. The lowest BCUT2D eigenvalue weighted by Gasteiger charge is -2.26. The number of hydrogen-bond donors (Lipinski definition) is 2. The van der Waals surface area contributed by atoms with Gasteiger partial charge in [0.05, 0.1) is 0 Å². The molecule has 0 saturated carbocycles. The summed E-state index contributed by atoms with van der Waals surface area (Å²) < 4.78 is 28.3. The maximum Gasteiger partial charge on any atom is 0.271 e. The van der Waals surface area contributed by atoms with Crippen LogP contribution in [0.15, 0.2) is 30.5 Å². The molecule has 0 radical (unpaired) electrons. The van der Waals surface area contributed by atoms with Crippen molar-refractivity contribution in [2.24, 2.45) is 5.92 Å². The molecule has 7 heteroatoms. The molecule has 1 amide bonds. The summed E-state index contributed by atoms with van der Waals surface area (Å²) in [7, 11) is 0. The highest BCUT2D eigenvalue weighted by Crippen LogP contribution is 2.16. The highest BCUT2D eigenvalue weighted by Gasteiger charge is 2.19. The lowest BCUT2D eigenvalue weighted by molar-refractivity contribution is 0.0936. The van der Waals surface area contributed by atoms with Gasteiger partial charge in [-0.1, -0.05) is 6.07 Å². The number of halogens is 2. The number of aromatic nitrogens is 2. The predicted octanol–water partition coefficient (Wildman–Crippen LogP) is 1.10. The van der Waals surface area contributed by atoms with Crippen LogP contribution in [0.5, 0.6) is 0 Å². The normalized spacial score (nSPS) is 14.8. The SMILES string of the molecule is O=C(NCC1CNC1)c1ccn(-c2c(F)cccc2F)n1. The molecule has 0 unspecified atom stereocenters. The Morgan fingerprint density at radius 3 is 2.67 bits per heavy atom. The topological polar surface area (TPSA) is 59.0 Å². The monoisotopic (exact) mass is 292 g/mol. The van der Waals surface area contributed by atoms with E-state index in [0.717, 1.165) is 29.9 Å². The number of carbonyl (C=O) groups excluding carboxylic acids is 1. The minimum Gasteiger partial charge on any atom is -0.350 e. The first kappa shape index (κ1) is 13.7. The molecule has 0 bridgehead atoms. The van der Waals surface area contributed by atoms with E-state index < -0.39 is 11.6 Å². The molecule has 2 heterocycles. The van der Waals surface area contributed by atoms with E-state index in [-0.39, 0.29) is 17.3 Å². The van der Waals surface area contributed by atoms with E-state index in [9.17, 15) is 13.6 Å².